The third-order valence-corrected chi connectivity index (χ3v) is 2.70. The van der Waals surface area contributed by atoms with Crippen molar-refractivity contribution in [3.63, 3.8) is 0 Å². The Balaban J connectivity index is 2.46. The molecule has 4 nitrogen and oxygen atoms in total. The van der Waals surface area contributed by atoms with E-state index in [4.69, 9.17) is 5.11 Å². The number of nitrogens with zero attached hydrogens (tertiary/aromatic N) is 1. The van der Waals surface area contributed by atoms with Crippen LogP contribution in [0.4, 0.5) is 0 Å². The molecule has 0 spiro atoms. The number of carboxylic acid groups (broad SMARTS) is 1. The Kier molecular flexibility index (Phi) is 3.28. The number of hydrogen-bond donors (Lipinski definition) is 1. The minimum atomic E-state index is -1.19. The maximum absolute atomic E-state index is 12.0. The van der Waals surface area contributed by atoms with Gasteiger partial charge in [-0.2, -0.15) is 0 Å². The first kappa shape index (κ1) is 12.1. The fraction of sp³-hybridized carbons (Fsp3) is 0.143. The fourth-order valence-electron chi connectivity index (χ4n) is 1.87. The van der Waals surface area contributed by atoms with Crippen molar-refractivity contribution in [2.45, 2.75) is 6.42 Å². The van der Waals surface area contributed by atoms with E-state index in [1.54, 1.807) is 17.8 Å². The van der Waals surface area contributed by atoms with Gasteiger partial charge in [0.05, 0.1) is 0 Å². The standard InChI is InChI=1S/C14H13NO3/c1-15-8-11(7-10-5-3-2-4-6-10)13(16)12(9-15)14(17)18/h2-6,8-9H,7H2,1H3,(H,17,18). The molecule has 1 heterocycles. The van der Waals surface area contributed by atoms with Crippen LogP contribution in [0, 0.1) is 0 Å². The van der Waals surface area contributed by atoms with Crippen LogP contribution in [0.2, 0.25) is 0 Å². The molecule has 0 radical (unpaired) electrons. The average Bonchev–Trinajstić information content (AvgIpc) is 2.34. The van der Waals surface area contributed by atoms with Gasteiger partial charge in [-0.3, -0.25) is 4.79 Å². The van der Waals surface area contributed by atoms with Crippen molar-refractivity contribution < 1.29 is 9.90 Å². The number of carbonyl (C=O) groups is 1. The molecule has 0 bridgehead atoms. The molecule has 0 aliphatic rings. The van der Waals surface area contributed by atoms with Gasteiger partial charge in [0.25, 0.3) is 0 Å². The van der Waals surface area contributed by atoms with Gasteiger partial charge in [-0.15, -0.1) is 0 Å². The first-order valence-corrected chi connectivity index (χ1v) is 5.54. The topological polar surface area (TPSA) is 59.3 Å². The van der Waals surface area contributed by atoms with Crippen molar-refractivity contribution in [1.82, 2.24) is 4.57 Å². The first-order valence-electron chi connectivity index (χ1n) is 5.54. The van der Waals surface area contributed by atoms with Crippen LogP contribution < -0.4 is 5.43 Å². The van der Waals surface area contributed by atoms with Crippen LogP contribution in [-0.4, -0.2) is 15.6 Å². The average molecular weight is 243 g/mol. The van der Waals surface area contributed by atoms with E-state index in [1.165, 1.54) is 6.20 Å². The molecular formula is C14H13NO3. The number of rotatable bonds is 3. The van der Waals surface area contributed by atoms with Crippen molar-refractivity contribution in [3.8, 4) is 0 Å². The Morgan fingerprint density at radius 3 is 2.50 bits per heavy atom. The Hall–Kier alpha value is -2.36. The summed E-state index contributed by atoms with van der Waals surface area (Å²) < 4.78 is 1.60. The Bertz CT molecular complexity index is 629. The molecule has 2 aromatic rings. The molecular weight excluding hydrogens is 230 g/mol. The summed E-state index contributed by atoms with van der Waals surface area (Å²) in [7, 11) is 1.71. The lowest BCUT2D eigenvalue weighted by atomic mass is 10.0. The summed E-state index contributed by atoms with van der Waals surface area (Å²) in [5.74, 6) is -1.19. The van der Waals surface area contributed by atoms with Crippen molar-refractivity contribution in [2.24, 2.45) is 7.05 Å². The third kappa shape index (κ3) is 2.48. The predicted molar refractivity (Wildman–Crippen MR) is 67.9 cm³/mol. The monoisotopic (exact) mass is 243 g/mol. The number of aryl methyl sites for hydroxylation is 1. The second-order valence-corrected chi connectivity index (χ2v) is 4.16. The van der Waals surface area contributed by atoms with Gasteiger partial charge in [0.1, 0.15) is 5.56 Å². The second-order valence-electron chi connectivity index (χ2n) is 4.16. The number of pyridine rings is 1. The van der Waals surface area contributed by atoms with E-state index < -0.39 is 11.4 Å². The van der Waals surface area contributed by atoms with Crippen molar-refractivity contribution in [2.75, 3.05) is 0 Å². The molecule has 0 aliphatic carbocycles. The van der Waals surface area contributed by atoms with Crippen LogP contribution in [0.5, 0.6) is 0 Å². The van der Waals surface area contributed by atoms with Crippen molar-refractivity contribution >= 4 is 5.97 Å². The summed E-state index contributed by atoms with van der Waals surface area (Å²) in [6.45, 7) is 0. The van der Waals surface area contributed by atoms with Gasteiger partial charge >= 0.3 is 5.97 Å². The van der Waals surface area contributed by atoms with Crippen LogP contribution in [-0.2, 0) is 13.5 Å². The first-order chi connectivity index (χ1) is 8.58. The largest absolute Gasteiger partial charge is 0.477 e. The lowest BCUT2D eigenvalue weighted by molar-refractivity contribution is 0.0694. The molecule has 0 atom stereocenters. The lowest BCUT2D eigenvalue weighted by Gasteiger charge is -2.06. The molecule has 2 rings (SSSR count). The molecule has 1 aromatic carbocycles. The number of aromatic carboxylic acids is 1. The zero-order valence-electron chi connectivity index (χ0n) is 9.96. The van der Waals surface area contributed by atoms with Gasteiger partial charge in [0, 0.05) is 31.4 Å². The van der Waals surface area contributed by atoms with Gasteiger partial charge in [0.15, 0.2) is 5.43 Å². The van der Waals surface area contributed by atoms with E-state index in [0.29, 0.717) is 12.0 Å². The summed E-state index contributed by atoms with van der Waals surface area (Å²) in [6, 6.07) is 9.50. The fourth-order valence-corrected chi connectivity index (χ4v) is 1.87. The smallest absolute Gasteiger partial charge is 0.341 e. The van der Waals surface area contributed by atoms with Crippen LogP contribution in [0.15, 0.2) is 47.5 Å². The molecule has 0 fully saturated rings. The van der Waals surface area contributed by atoms with Crippen molar-refractivity contribution in [1.29, 1.82) is 0 Å². The van der Waals surface area contributed by atoms with E-state index >= 15 is 0 Å². The van der Waals surface area contributed by atoms with Crippen LogP contribution in [0.1, 0.15) is 21.5 Å². The maximum Gasteiger partial charge on any atom is 0.341 e. The van der Waals surface area contributed by atoms with Crippen LogP contribution in [0.25, 0.3) is 0 Å². The highest BCUT2D eigenvalue weighted by Gasteiger charge is 2.12. The van der Waals surface area contributed by atoms with E-state index in [-0.39, 0.29) is 5.56 Å². The van der Waals surface area contributed by atoms with E-state index in [0.717, 1.165) is 5.56 Å². The number of benzene rings is 1. The lowest BCUT2D eigenvalue weighted by Crippen LogP contribution is -2.21. The molecule has 18 heavy (non-hydrogen) atoms. The summed E-state index contributed by atoms with van der Waals surface area (Å²) in [6.07, 6.45) is 3.44. The predicted octanol–water partition coefficient (Wildman–Crippen LogP) is 1.67. The molecule has 1 N–H and O–H groups in total. The van der Waals surface area contributed by atoms with Gasteiger partial charge in [-0.25, -0.2) is 4.79 Å². The Morgan fingerprint density at radius 1 is 1.22 bits per heavy atom. The van der Waals surface area contributed by atoms with Gasteiger partial charge in [-0.05, 0) is 5.56 Å². The number of carboxylic acids is 1. The molecule has 4 heteroatoms. The van der Waals surface area contributed by atoms with Crippen LogP contribution >= 0.6 is 0 Å². The molecule has 92 valence electrons. The van der Waals surface area contributed by atoms with Gasteiger partial charge < -0.3 is 9.67 Å². The van der Waals surface area contributed by atoms with Crippen LogP contribution in [0.3, 0.4) is 0 Å². The zero-order chi connectivity index (χ0) is 13.1. The molecule has 0 saturated heterocycles. The molecule has 0 aliphatic heterocycles. The quantitative estimate of drug-likeness (QED) is 0.892. The number of hydrogen-bond acceptors (Lipinski definition) is 2. The Morgan fingerprint density at radius 2 is 1.89 bits per heavy atom. The maximum atomic E-state index is 12.0. The highest BCUT2D eigenvalue weighted by Crippen LogP contribution is 2.06. The summed E-state index contributed by atoms with van der Waals surface area (Å²) >= 11 is 0. The Labute approximate surface area is 104 Å². The second kappa shape index (κ2) is 4.87. The minimum absolute atomic E-state index is 0.189. The number of aromatic nitrogens is 1. The SMILES string of the molecule is Cn1cc(Cc2ccccc2)c(=O)c(C(=O)O)c1. The molecule has 0 unspecified atom stereocenters. The summed E-state index contributed by atoms with van der Waals surface area (Å²) in [4.78, 5) is 22.9. The highest BCUT2D eigenvalue weighted by molar-refractivity contribution is 5.87. The zero-order valence-corrected chi connectivity index (χ0v) is 9.96. The van der Waals surface area contributed by atoms with Gasteiger partial charge in [0.2, 0.25) is 0 Å². The molecule has 0 saturated carbocycles. The van der Waals surface area contributed by atoms with E-state index in [9.17, 15) is 9.59 Å². The van der Waals surface area contributed by atoms with E-state index in [1.807, 2.05) is 30.3 Å². The molecule has 1 aromatic heterocycles. The highest BCUT2D eigenvalue weighted by atomic mass is 16.4. The van der Waals surface area contributed by atoms with Crippen molar-refractivity contribution in [3.05, 3.63) is 69.6 Å². The van der Waals surface area contributed by atoms with E-state index in [2.05, 4.69) is 0 Å². The normalized spacial score (nSPS) is 10.3. The third-order valence-electron chi connectivity index (χ3n) is 2.70. The minimum Gasteiger partial charge on any atom is -0.477 e. The van der Waals surface area contributed by atoms with Gasteiger partial charge in [-0.1, -0.05) is 30.3 Å². The molecule has 0 amide bonds. The summed E-state index contributed by atoms with van der Waals surface area (Å²) in [5.41, 5.74) is 0.871. The summed E-state index contributed by atoms with van der Waals surface area (Å²) in [5, 5.41) is 8.97.